The Morgan fingerprint density at radius 3 is 2.62 bits per heavy atom. The summed E-state index contributed by atoms with van der Waals surface area (Å²) >= 11 is 0. The average Bonchev–Trinajstić information content (AvgIpc) is 3.26. The molecule has 0 saturated heterocycles. The van der Waals surface area contributed by atoms with Gasteiger partial charge in [-0.15, -0.1) is 0 Å². The van der Waals surface area contributed by atoms with E-state index in [0.717, 1.165) is 35.7 Å². The fourth-order valence-corrected chi connectivity index (χ4v) is 3.37. The predicted molar refractivity (Wildman–Crippen MR) is 104 cm³/mol. The number of aromatic nitrogens is 5. The smallest absolute Gasteiger partial charge is 0.323 e. The summed E-state index contributed by atoms with van der Waals surface area (Å²) in [4.78, 5) is 13.5. The highest BCUT2D eigenvalue weighted by atomic mass is 19.4. The molecule has 0 amide bonds. The molecule has 5 nitrogen and oxygen atoms in total. The summed E-state index contributed by atoms with van der Waals surface area (Å²) < 4.78 is 43.2. The Hall–Kier alpha value is -3.16. The second-order valence-corrected chi connectivity index (χ2v) is 7.34. The van der Waals surface area contributed by atoms with Crippen LogP contribution in [-0.2, 0) is 19.3 Å². The van der Waals surface area contributed by atoms with Gasteiger partial charge in [-0.3, -0.25) is 0 Å². The molecule has 8 heteroatoms. The molecule has 150 valence electrons. The molecule has 0 aliphatic carbocycles. The van der Waals surface area contributed by atoms with Gasteiger partial charge in [-0.25, -0.2) is 15.0 Å². The van der Waals surface area contributed by atoms with Crippen molar-refractivity contribution in [2.75, 3.05) is 0 Å². The van der Waals surface area contributed by atoms with E-state index in [1.807, 2.05) is 16.7 Å². The van der Waals surface area contributed by atoms with Gasteiger partial charge in [-0.05, 0) is 30.2 Å². The van der Waals surface area contributed by atoms with Crippen LogP contribution in [0.2, 0.25) is 0 Å². The van der Waals surface area contributed by atoms with Crippen LogP contribution in [0.3, 0.4) is 0 Å². The first-order valence-corrected chi connectivity index (χ1v) is 9.32. The van der Waals surface area contributed by atoms with E-state index in [1.165, 1.54) is 6.07 Å². The van der Waals surface area contributed by atoms with Crippen molar-refractivity contribution in [2.45, 2.75) is 33.1 Å². The highest BCUT2D eigenvalue weighted by molar-refractivity contribution is 5.71. The van der Waals surface area contributed by atoms with Gasteiger partial charge in [0.25, 0.3) is 0 Å². The number of hydrogen-bond acceptors (Lipinski definition) is 3. The molecule has 0 aliphatic heterocycles. The lowest BCUT2D eigenvalue weighted by Gasteiger charge is -2.13. The van der Waals surface area contributed by atoms with Crippen molar-refractivity contribution in [1.82, 2.24) is 24.1 Å². The Kier molecular flexibility index (Phi) is 4.86. The Balaban J connectivity index is 1.74. The number of hydrogen-bond donors (Lipinski definition) is 0. The molecular formula is C21H20F3N5. The number of rotatable bonds is 5. The molecule has 0 aliphatic rings. The van der Waals surface area contributed by atoms with Crippen molar-refractivity contribution < 1.29 is 13.2 Å². The molecular weight excluding hydrogens is 379 g/mol. The monoisotopic (exact) mass is 399 g/mol. The third-order valence-electron chi connectivity index (χ3n) is 4.61. The van der Waals surface area contributed by atoms with Crippen LogP contribution in [0.4, 0.5) is 13.2 Å². The van der Waals surface area contributed by atoms with Gasteiger partial charge in [0, 0.05) is 30.7 Å². The maximum absolute atomic E-state index is 13.1. The zero-order valence-electron chi connectivity index (χ0n) is 16.1. The summed E-state index contributed by atoms with van der Waals surface area (Å²) in [6.45, 7) is 5.36. The second-order valence-electron chi connectivity index (χ2n) is 7.34. The Bertz CT molecular complexity index is 1140. The standard InChI is InChI=1S/C21H20F3N5/c1-14(2)12-29-18(27-17-7-4-8-25-20(17)29)13-28-10-9-26-19(28)15-5-3-6-16(11-15)21(22,23)24/h3-11,14H,12-13H2,1-2H3. The summed E-state index contributed by atoms with van der Waals surface area (Å²) in [5, 5.41) is 0. The van der Waals surface area contributed by atoms with Crippen molar-refractivity contribution in [3.8, 4) is 11.4 Å². The molecule has 0 saturated carbocycles. The van der Waals surface area contributed by atoms with Crippen LogP contribution < -0.4 is 0 Å². The zero-order valence-corrected chi connectivity index (χ0v) is 16.1. The van der Waals surface area contributed by atoms with E-state index >= 15 is 0 Å². The number of pyridine rings is 1. The normalized spacial score (nSPS) is 12.2. The van der Waals surface area contributed by atoms with E-state index in [4.69, 9.17) is 4.98 Å². The van der Waals surface area contributed by atoms with E-state index in [9.17, 15) is 13.2 Å². The molecule has 29 heavy (non-hydrogen) atoms. The molecule has 0 unspecified atom stereocenters. The zero-order chi connectivity index (χ0) is 20.6. The number of halogens is 3. The molecule has 0 spiro atoms. The lowest BCUT2D eigenvalue weighted by atomic mass is 10.1. The number of benzene rings is 1. The van der Waals surface area contributed by atoms with E-state index in [-0.39, 0.29) is 0 Å². The Labute approximate surface area is 165 Å². The molecule has 4 rings (SSSR count). The van der Waals surface area contributed by atoms with Gasteiger partial charge in [-0.1, -0.05) is 26.0 Å². The van der Waals surface area contributed by atoms with E-state index < -0.39 is 11.7 Å². The maximum atomic E-state index is 13.1. The minimum absolute atomic E-state index is 0.384. The fourth-order valence-electron chi connectivity index (χ4n) is 3.37. The van der Waals surface area contributed by atoms with Gasteiger partial charge >= 0.3 is 6.18 Å². The SMILES string of the molecule is CC(C)Cn1c(Cn2ccnc2-c2cccc(C(F)(F)F)c2)nc2cccnc21. The first-order valence-electron chi connectivity index (χ1n) is 9.32. The van der Waals surface area contributed by atoms with Gasteiger partial charge in [0.2, 0.25) is 0 Å². The topological polar surface area (TPSA) is 48.5 Å². The predicted octanol–water partition coefficient (Wildman–Crippen LogP) is 5.02. The van der Waals surface area contributed by atoms with Gasteiger partial charge < -0.3 is 9.13 Å². The number of nitrogens with zero attached hydrogens (tertiary/aromatic N) is 5. The fraction of sp³-hybridized carbons (Fsp3) is 0.286. The van der Waals surface area contributed by atoms with E-state index in [0.29, 0.717) is 23.9 Å². The number of imidazole rings is 2. The molecule has 4 aromatic rings. The molecule has 0 atom stereocenters. The molecule has 3 heterocycles. The van der Waals surface area contributed by atoms with Crippen LogP contribution in [-0.4, -0.2) is 24.1 Å². The van der Waals surface area contributed by atoms with Gasteiger partial charge in [0.15, 0.2) is 5.65 Å². The second kappa shape index (κ2) is 7.35. The largest absolute Gasteiger partial charge is 0.416 e. The summed E-state index contributed by atoms with van der Waals surface area (Å²) in [6, 6.07) is 8.96. The first kappa shape index (κ1) is 19.2. The third kappa shape index (κ3) is 3.87. The van der Waals surface area contributed by atoms with Crippen LogP contribution in [0, 0.1) is 5.92 Å². The third-order valence-corrected chi connectivity index (χ3v) is 4.61. The lowest BCUT2D eigenvalue weighted by molar-refractivity contribution is -0.137. The minimum Gasteiger partial charge on any atom is -0.323 e. The summed E-state index contributed by atoms with van der Waals surface area (Å²) in [6.07, 6.45) is 0.672. The summed E-state index contributed by atoms with van der Waals surface area (Å²) in [5.74, 6) is 1.64. The molecule has 1 aromatic carbocycles. The minimum atomic E-state index is -4.40. The molecule has 3 aromatic heterocycles. The van der Waals surface area contributed by atoms with Crippen molar-refractivity contribution in [2.24, 2.45) is 5.92 Å². The number of alkyl halides is 3. The van der Waals surface area contributed by atoms with Crippen LogP contribution in [0.15, 0.2) is 55.0 Å². The highest BCUT2D eigenvalue weighted by Gasteiger charge is 2.30. The van der Waals surface area contributed by atoms with E-state index in [2.05, 4.69) is 28.4 Å². The maximum Gasteiger partial charge on any atom is 0.416 e. The van der Waals surface area contributed by atoms with Crippen LogP contribution in [0.5, 0.6) is 0 Å². The highest BCUT2D eigenvalue weighted by Crippen LogP contribution is 2.32. The van der Waals surface area contributed by atoms with Crippen molar-refractivity contribution in [1.29, 1.82) is 0 Å². The lowest BCUT2D eigenvalue weighted by Crippen LogP contribution is -2.13. The molecule has 0 N–H and O–H groups in total. The Morgan fingerprint density at radius 2 is 1.86 bits per heavy atom. The molecule has 0 bridgehead atoms. The average molecular weight is 399 g/mol. The molecule has 0 radical (unpaired) electrons. The first-order chi connectivity index (χ1) is 13.8. The summed E-state index contributed by atoms with van der Waals surface area (Å²) in [7, 11) is 0. The van der Waals surface area contributed by atoms with Crippen LogP contribution in [0.25, 0.3) is 22.6 Å². The van der Waals surface area contributed by atoms with Crippen molar-refractivity contribution in [3.05, 3.63) is 66.4 Å². The number of fused-ring (bicyclic) bond motifs is 1. The Morgan fingerprint density at radius 1 is 1.03 bits per heavy atom. The van der Waals surface area contributed by atoms with Gasteiger partial charge in [0.1, 0.15) is 17.2 Å². The summed E-state index contributed by atoms with van der Waals surface area (Å²) in [5.41, 5.74) is 1.32. The quantitative estimate of drug-likeness (QED) is 0.474. The van der Waals surface area contributed by atoms with Crippen molar-refractivity contribution in [3.63, 3.8) is 0 Å². The molecule has 0 fully saturated rings. The van der Waals surface area contributed by atoms with Gasteiger partial charge in [-0.2, -0.15) is 13.2 Å². The van der Waals surface area contributed by atoms with Crippen LogP contribution >= 0.6 is 0 Å². The van der Waals surface area contributed by atoms with Gasteiger partial charge in [0.05, 0.1) is 12.1 Å². The van der Waals surface area contributed by atoms with Crippen molar-refractivity contribution >= 4 is 11.2 Å². The van der Waals surface area contributed by atoms with E-state index in [1.54, 1.807) is 24.7 Å². The van der Waals surface area contributed by atoms with Crippen LogP contribution in [0.1, 0.15) is 25.2 Å².